The lowest BCUT2D eigenvalue weighted by Gasteiger charge is -2.10. The number of hydrogen-bond donors (Lipinski definition) is 3. The van der Waals surface area contributed by atoms with Gasteiger partial charge in [0.2, 0.25) is 0 Å². The van der Waals surface area contributed by atoms with E-state index in [9.17, 15) is 9.59 Å². The van der Waals surface area contributed by atoms with Crippen molar-refractivity contribution in [2.24, 2.45) is 5.92 Å². The molecule has 0 fully saturated rings. The molecule has 3 N–H and O–H groups in total. The van der Waals surface area contributed by atoms with Gasteiger partial charge in [-0.05, 0) is 37.0 Å². The summed E-state index contributed by atoms with van der Waals surface area (Å²) in [7, 11) is 0. The summed E-state index contributed by atoms with van der Waals surface area (Å²) in [6, 6.07) is 3.89. The van der Waals surface area contributed by atoms with Gasteiger partial charge in [-0.25, -0.2) is 9.59 Å². The minimum Gasteiger partial charge on any atom is -0.478 e. The average Bonchev–Trinajstić information content (AvgIpc) is 2.36. The molecule has 0 aliphatic heterocycles. The Morgan fingerprint density at radius 1 is 1.35 bits per heavy atom. The predicted octanol–water partition coefficient (Wildman–Crippen LogP) is 3.60. The monoisotopic (exact) mass is 298 g/mol. The van der Waals surface area contributed by atoms with Crippen LogP contribution in [0.4, 0.5) is 10.5 Å². The van der Waals surface area contributed by atoms with E-state index in [4.69, 9.17) is 16.7 Å². The third kappa shape index (κ3) is 5.48. The van der Waals surface area contributed by atoms with Gasteiger partial charge in [0.05, 0.1) is 11.3 Å². The van der Waals surface area contributed by atoms with E-state index in [1.54, 1.807) is 0 Å². The van der Waals surface area contributed by atoms with Crippen molar-refractivity contribution in [3.8, 4) is 0 Å². The number of rotatable bonds is 6. The van der Waals surface area contributed by atoms with Gasteiger partial charge in [-0.15, -0.1) is 0 Å². The molecule has 0 aliphatic rings. The number of hydrogen-bond acceptors (Lipinski definition) is 2. The highest BCUT2D eigenvalue weighted by Crippen LogP contribution is 2.20. The summed E-state index contributed by atoms with van der Waals surface area (Å²) in [5.74, 6) is -0.544. The number of halogens is 1. The third-order valence-electron chi connectivity index (χ3n) is 2.70. The Bertz CT molecular complexity index is 489. The van der Waals surface area contributed by atoms with Gasteiger partial charge in [0.15, 0.2) is 0 Å². The van der Waals surface area contributed by atoms with Gasteiger partial charge in [0, 0.05) is 11.6 Å². The number of carboxylic acid groups (broad SMARTS) is 1. The van der Waals surface area contributed by atoms with Crippen LogP contribution in [0.3, 0.4) is 0 Å². The highest BCUT2D eigenvalue weighted by Gasteiger charge is 2.12. The molecule has 0 bridgehead atoms. The average molecular weight is 299 g/mol. The predicted molar refractivity (Wildman–Crippen MR) is 79.5 cm³/mol. The van der Waals surface area contributed by atoms with Gasteiger partial charge in [-0.2, -0.15) is 0 Å². The minimum absolute atomic E-state index is 0.0326. The van der Waals surface area contributed by atoms with Gasteiger partial charge in [0.25, 0.3) is 0 Å². The number of urea groups is 1. The van der Waals surface area contributed by atoms with Crippen LogP contribution < -0.4 is 10.6 Å². The SMILES string of the molecule is CC(C)CCCNC(=O)Nc1ccc(Cl)cc1C(=O)O. The molecule has 0 radical (unpaired) electrons. The van der Waals surface area contributed by atoms with E-state index in [1.165, 1.54) is 18.2 Å². The lowest BCUT2D eigenvalue weighted by Crippen LogP contribution is -2.30. The first-order valence-electron chi connectivity index (χ1n) is 6.48. The molecule has 1 aromatic rings. The summed E-state index contributed by atoms with van der Waals surface area (Å²) in [4.78, 5) is 22.7. The molecule has 1 rings (SSSR count). The van der Waals surface area contributed by atoms with E-state index >= 15 is 0 Å². The summed E-state index contributed by atoms with van der Waals surface area (Å²) >= 11 is 5.74. The Hall–Kier alpha value is -1.75. The molecule has 2 amide bonds. The topological polar surface area (TPSA) is 78.4 Å². The van der Waals surface area contributed by atoms with Crippen molar-refractivity contribution in [2.45, 2.75) is 26.7 Å². The Labute approximate surface area is 123 Å². The summed E-state index contributed by atoms with van der Waals surface area (Å²) in [6.07, 6.45) is 1.92. The summed E-state index contributed by atoms with van der Waals surface area (Å²) in [5, 5.41) is 14.6. The van der Waals surface area contributed by atoms with Gasteiger partial charge in [0.1, 0.15) is 0 Å². The second-order valence-corrected chi connectivity index (χ2v) is 5.35. The molecule has 0 aromatic heterocycles. The van der Waals surface area contributed by atoms with Crippen LogP contribution in [0.5, 0.6) is 0 Å². The molecule has 20 heavy (non-hydrogen) atoms. The quantitative estimate of drug-likeness (QED) is 0.702. The molecule has 110 valence electrons. The zero-order valence-corrected chi connectivity index (χ0v) is 12.3. The number of amides is 2. The standard InChI is InChI=1S/C14H19ClN2O3/c1-9(2)4-3-7-16-14(20)17-12-6-5-10(15)8-11(12)13(18)19/h5-6,8-9H,3-4,7H2,1-2H3,(H,18,19)(H2,16,17,20). The molecular formula is C14H19ClN2O3. The fraction of sp³-hybridized carbons (Fsp3) is 0.429. The molecule has 0 atom stereocenters. The van der Waals surface area contributed by atoms with Crippen LogP contribution in [0.1, 0.15) is 37.0 Å². The molecule has 0 unspecified atom stereocenters. The van der Waals surface area contributed by atoms with Crippen LogP contribution in [0.25, 0.3) is 0 Å². The van der Waals surface area contributed by atoms with E-state index in [0.717, 1.165) is 12.8 Å². The van der Waals surface area contributed by atoms with Crippen LogP contribution in [-0.4, -0.2) is 23.7 Å². The van der Waals surface area contributed by atoms with Crippen molar-refractivity contribution < 1.29 is 14.7 Å². The Kier molecular flexibility index (Phi) is 6.31. The smallest absolute Gasteiger partial charge is 0.337 e. The molecule has 5 nitrogen and oxygen atoms in total. The Morgan fingerprint density at radius 2 is 2.05 bits per heavy atom. The van der Waals surface area contributed by atoms with Crippen molar-refractivity contribution in [3.05, 3.63) is 28.8 Å². The van der Waals surface area contributed by atoms with Gasteiger partial charge < -0.3 is 15.7 Å². The van der Waals surface area contributed by atoms with Crippen molar-refractivity contribution in [3.63, 3.8) is 0 Å². The van der Waals surface area contributed by atoms with Crippen LogP contribution in [0.15, 0.2) is 18.2 Å². The van der Waals surface area contributed by atoms with E-state index in [2.05, 4.69) is 24.5 Å². The highest BCUT2D eigenvalue weighted by atomic mass is 35.5. The number of carbonyl (C=O) groups excluding carboxylic acids is 1. The normalized spacial score (nSPS) is 10.4. The molecular weight excluding hydrogens is 280 g/mol. The van der Waals surface area contributed by atoms with Crippen molar-refractivity contribution >= 4 is 29.3 Å². The van der Waals surface area contributed by atoms with Crippen molar-refractivity contribution in [1.82, 2.24) is 5.32 Å². The summed E-state index contributed by atoms with van der Waals surface area (Å²) < 4.78 is 0. The van der Waals surface area contributed by atoms with Gasteiger partial charge in [-0.1, -0.05) is 25.4 Å². The zero-order chi connectivity index (χ0) is 15.1. The van der Waals surface area contributed by atoms with Crippen LogP contribution in [0.2, 0.25) is 5.02 Å². The first-order valence-corrected chi connectivity index (χ1v) is 6.85. The lowest BCUT2D eigenvalue weighted by atomic mass is 10.1. The highest BCUT2D eigenvalue weighted by molar-refractivity contribution is 6.31. The van der Waals surface area contributed by atoms with Crippen molar-refractivity contribution in [2.75, 3.05) is 11.9 Å². The van der Waals surface area contributed by atoms with E-state index < -0.39 is 12.0 Å². The number of anilines is 1. The molecule has 0 saturated carbocycles. The Morgan fingerprint density at radius 3 is 2.65 bits per heavy atom. The molecule has 0 saturated heterocycles. The first-order chi connectivity index (χ1) is 9.40. The first kappa shape index (κ1) is 16.3. The maximum atomic E-state index is 11.7. The fourth-order valence-electron chi connectivity index (χ4n) is 1.68. The fourth-order valence-corrected chi connectivity index (χ4v) is 1.85. The van der Waals surface area contributed by atoms with E-state index in [0.29, 0.717) is 17.5 Å². The second kappa shape index (κ2) is 7.75. The molecule has 6 heteroatoms. The van der Waals surface area contributed by atoms with Crippen molar-refractivity contribution in [1.29, 1.82) is 0 Å². The van der Waals surface area contributed by atoms with E-state index in [-0.39, 0.29) is 11.3 Å². The maximum absolute atomic E-state index is 11.7. The zero-order valence-electron chi connectivity index (χ0n) is 11.6. The molecule has 0 heterocycles. The third-order valence-corrected chi connectivity index (χ3v) is 2.94. The number of carbonyl (C=O) groups is 2. The molecule has 0 aliphatic carbocycles. The summed E-state index contributed by atoms with van der Waals surface area (Å²) in [6.45, 7) is 4.79. The van der Waals surface area contributed by atoms with Crippen LogP contribution >= 0.6 is 11.6 Å². The Balaban J connectivity index is 2.55. The molecule has 0 spiro atoms. The van der Waals surface area contributed by atoms with Gasteiger partial charge in [-0.3, -0.25) is 0 Å². The largest absolute Gasteiger partial charge is 0.478 e. The number of benzene rings is 1. The molecule has 1 aromatic carbocycles. The lowest BCUT2D eigenvalue weighted by molar-refractivity contribution is 0.0698. The summed E-state index contributed by atoms with van der Waals surface area (Å²) in [5.41, 5.74) is 0.193. The van der Waals surface area contributed by atoms with Crippen LogP contribution in [-0.2, 0) is 0 Å². The van der Waals surface area contributed by atoms with Crippen LogP contribution in [0, 0.1) is 5.92 Å². The number of nitrogens with one attached hydrogen (secondary N) is 2. The number of carboxylic acids is 1. The maximum Gasteiger partial charge on any atom is 0.337 e. The van der Waals surface area contributed by atoms with Gasteiger partial charge >= 0.3 is 12.0 Å². The van der Waals surface area contributed by atoms with E-state index in [1.807, 2.05) is 0 Å². The number of aromatic carboxylic acids is 1. The minimum atomic E-state index is -1.14. The second-order valence-electron chi connectivity index (χ2n) is 4.91.